The molecule has 9 nitrogen and oxygen atoms in total. The highest BCUT2D eigenvalue weighted by atomic mass is 19.4. The van der Waals surface area contributed by atoms with E-state index in [-0.39, 0.29) is 30.6 Å². The highest BCUT2D eigenvalue weighted by Gasteiger charge is 2.42. The molecule has 5 amide bonds. The Kier molecular flexibility index (Phi) is 7.09. The van der Waals surface area contributed by atoms with E-state index in [2.05, 4.69) is 16.0 Å². The van der Waals surface area contributed by atoms with Crippen molar-refractivity contribution < 1.29 is 37.1 Å². The summed E-state index contributed by atoms with van der Waals surface area (Å²) in [5, 5.41) is 7.52. The first-order chi connectivity index (χ1) is 17.5. The normalized spacial score (nSPS) is 18.0. The lowest BCUT2D eigenvalue weighted by molar-refractivity contribution is -0.149. The number of rotatable bonds is 7. The predicted molar refractivity (Wildman–Crippen MR) is 125 cm³/mol. The van der Waals surface area contributed by atoms with Gasteiger partial charge < -0.3 is 10.6 Å². The lowest BCUT2D eigenvalue weighted by atomic mass is 10.0. The van der Waals surface area contributed by atoms with Crippen LogP contribution in [0.3, 0.4) is 0 Å². The molecule has 1 saturated heterocycles. The third-order valence-electron chi connectivity index (χ3n) is 5.82. The van der Waals surface area contributed by atoms with Crippen LogP contribution >= 0.6 is 0 Å². The summed E-state index contributed by atoms with van der Waals surface area (Å²) in [6.45, 7) is 0. The van der Waals surface area contributed by atoms with Gasteiger partial charge in [0.2, 0.25) is 17.7 Å². The van der Waals surface area contributed by atoms with Crippen molar-refractivity contribution in [3.05, 3.63) is 71.4 Å². The number of imide groups is 2. The van der Waals surface area contributed by atoms with Crippen LogP contribution in [-0.4, -0.2) is 40.5 Å². The summed E-state index contributed by atoms with van der Waals surface area (Å²) in [4.78, 5) is 61.7. The van der Waals surface area contributed by atoms with Gasteiger partial charge in [0.15, 0.2) is 0 Å². The molecule has 2 aromatic rings. The number of nitrogens with zero attached hydrogens (tertiary/aromatic N) is 1. The van der Waals surface area contributed by atoms with Gasteiger partial charge in [0, 0.05) is 30.3 Å². The first-order valence-corrected chi connectivity index (χ1v) is 11.3. The Bertz CT molecular complexity index is 1300. The second-order valence-electron chi connectivity index (χ2n) is 8.49. The van der Waals surface area contributed by atoms with E-state index in [1.807, 2.05) is 0 Å². The number of carbonyl (C=O) groups is 5. The summed E-state index contributed by atoms with van der Waals surface area (Å²) in [6.07, 6.45) is -2.96. The third-order valence-corrected chi connectivity index (χ3v) is 5.82. The standard InChI is InChI=1S/C25H21F3N4O5/c26-25(27,28)15-5-7-16(8-6-15)30-20(33)10-4-14-2-1-3-17(12-14)29-18-13-22(35)32(24(18)37)19-9-11-21(34)31-23(19)36/h1-3,5-8,12-13,19,29H,4,9-11H2,(H,30,33)(H,31,34,36). The van der Waals surface area contributed by atoms with Gasteiger partial charge in [-0.25, -0.2) is 0 Å². The van der Waals surface area contributed by atoms with Crippen molar-refractivity contribution >= 4 is 40.9 Å². The molecule has 2 aliphatic heterocycles. The van der Waals surface area contributed by atoms with Crippen molar-refractivity contribution in [2.24, 2.45) is 0 Å². The van der Waals surface area contributed by atoms with Gasteiger partial charge in [-0.2, -0.15) is 13.2 Å². The van der Waals surface area contributed by atoms with Gasteiger partial charge in [0.1, 0.15) is 11.7 Å². The molecule has 0 aliphatic carbocycles. The number of benzene rings is 2. The van der Waals surface area contributed by atoms with Gasteiger partial charge >= 0.3 is 6.18 Å². The van der Waals surface area contributed by atoms with E-state index in [0.717, 1.165) is 28.7 Å². The molecule has 2 aromatic carbocycles. The number of alkyl halides is 3. The van der Waals surface area contributed by atoms with Crippen LogP contribution in [0.2, 0.25) is 0 Å². The molecule has 0 saturated carbocycles. The fraction of sp³-hybridized carbons (Fsp3) is 0.240. The number of piperidine rings is 1. The Hall–Kier alpha value is -4.48. The average Bonchev–Trinajstić information content (AvgIpc) is 3.10. The number of halogens is 3. The van der Waals surface area contributed by atoms with Gasteiger partial charge in [-0.05, 0) is 54.8 Å². The summed E-state index contributed by atoms with van der Waals surface area (Å²) in [7, 11) is 0. The molecule has 12 heteroatoms. The van der Waals surface area contributed by atoms with Crippen molar-refractivity contribution in [2.75, 3.05) is 10.6 Å². The van der Waals surface area contributed by atoms with Crippen molar-refractivity contribution in [1.29, 1.82) is 0 Å². The molecule has 0 radical (unpaired) electrons. The molecule has 2 heterocycles. The van der Waals surface area contributed by atoms with Crippen LogP contribution in [0.1, 0.15) is 30.4 Å². The van der Waals surface area contributed by atoms with E-state index in [1.165, 1.54) is 12.1 Å². The fourth-order valence-electron chi connectivity index (χ4n) is 3.98. The lowest BCUT2D eigenvalue weighted by Crippen LogP contribution is -2.54. The Morgan fingerprint density at radius 3 is 2.43 bits per heavy atom. The molecule has 4 rings (SSSR count). The minimum absolute atomic E-state index is 0.0186. The molecule has 3 N–H and O–H groups in total. The first-order valence-electron chi connectivity index (χ1n) is 11.3. The number of hydrogen-bond donors (Lipinski definition) is 3. The average molecular weight is 514 g/mol. The quantitative estimate of drug-likeness (QED) is 0.488. The number of carbonyl (C=O) groups excluding carboxylic acids is 5. The smallest absolute Gasteiger partial charge is 0.351 e. The molecule has 0 bridgehead atoms. The summed E-state index contributed by atoms with van der Waals surface area (Å²) in [6, 6.07) is 9.83. The zero-order valence-corrected chi connectivity index (χ0v) is 19.2. The highest BCUT2D eigenvalue weighted by Crippen LogP contribution is 2.30. The second-order valence-corrected chi connectivity index (χ2v) is 8.49. The molecule has 1 atom stereocenters. The van der Waals surface area contributed by atoms with Gasteiger partial charge in [0.05, 0.1) is 5.56 Å². The van der Waals surface area contributed by atoms with Crippen LogP contribution in [0.5, 0.6) is 0 Å². The maximum atomic E-state index is 12.8. The molecule has 0 spiro atoms. The van der Waals surface area contributed by atoms with Crippen LogP contribution < -0.4 is 16.0 Å². The number of hydrogen-bond acceptors (Lipinski definition) is 6. The zero-order chi connectivity index (χ0) is 26.7. The van der Waals surface area contributed by atoms with E-state index in [1.54, 1.807) is 24.3 Å². The van der Waals surface area contributed by atoms with Gasteiger partial charge in [-0.1, -0.05) is 12.1 Å². The Labute approximate surface area is 208 Å². The molecular weight excluding hydrogens is 493 g/mol. The fourth-order valence-corrected chi connectivity index (χ4v) is 3.98. The maximum absolute atomic E-state index is 12.8. The van der Waals surface area contributed by atoms with Crippen molar-refractivity contribution in [1.82, 2.24) is 10.2 Å². The molecule has 37 heavy (non-hydrogen) atoms. The lowest BCUT2D eigenvalue weighted by Gasteiger charge is -2.28. The van der Waals surface area contributed by atoms with Crippen molar-refractivity contribution in [2.45, 2.75) is 37.9 Å². The molecule has 0 aromatic heterocycles. The summed E-state index contributed by atoms with van der Waals surface area (Å²) >= 11 is 0. The highest BCUT2D eigenvalue weighted by molar-refractivity contribution is 6.20. The number of anilines is 2. The van der Waals surface area contributed by atoms with Crippen LogP contribution in [0.4, 0.5) is 24.5 Å². The van der Waals surface area contributed by atoms with Gasteiger partial charge in [-0.15, -0.1) is 0 Å². The monoisotopic (exact) mass is 514 g/mol. The van der Waals surface area contributed by atoms with E-state index in [4.69, 9.17) is 0 Å². The Morgan fingerprint density at radius 1 is 1.03 bits per heavy atom. The van der Waals surface area contributed by atoms with Gasteiger partial charge in [0.25, 0.3) is 11.8 Å². The molecule has 192 valence electrons. The van der Waals surface area contributed by atoms with Crippen LogP contribution in [0.15, 0.2) is 60.3 Å². The summed E-state index contributed by atoms with van der Waals surface area (Å²) in [5.41, 5.74) is 0.593. The van der Waals surface area contributed by atoms with Crippen LogP contribution in [0.25, 0.3) is 0 Å². The van der Waals surface area contributed by atoms with Crippen molar-refractivity contribution in [3.63, 3.8) is 0 Å². The van der Waals surface area contributed by atoms with E-state index >= 15 is 0 Å². The molecular formula is C25H21F3N4O5. The van der Waals surface area contributed by atoms with Crippen molar-refractivity contribution in [3.8, 4) is 0 Å². The first kappa shape index (κ1) is 25.6. The number of nitrogens with one attached hydrogen (secondary N) is 3. The number of aryl methyl sites for hydroxylation is 1. The second kappa shape index (κ2) is 10.2. The van der Waals surface area contributed by atoms with E-state index in [0.29, 0.717) is 12.1 Å². The molecule has 1 unspecified atom stereocenters. The Morgan fingerprint density at radius 2 is 1.76 bits per heavy atom. The SMILES string of the molecule is O=C1CCC(N2C(=O)C=C(Nc3cccc(CCC(=O)Nc4ccc(C(F)(F)F)cc4)c3)C2=O)C(=O)N1. The maximum Gasteiger partial charge on any atom is 0.416 e. The van der Waals surface area contributed by atoms with Crippen LogP contribution in [0, 0.1) is 0 Å². The summed E-state index contributed by atoms with van der Waals surface area (Å²) < 4.78 is 38.0. The minimum Gasteiger partial charge on any atom is -0.351 e. The largest absolute Gasteiger partial charge is 0.416 e. The van der Waals surface area contributed by atoms with Crippen LogP contribution in [-0.2, 0) is 36.6 Å². The predicted octanol–water partition coefficient (Wildman–Crippen LogP) is 2.75. The zero-order valence-electron chi connectivity index (χ0n) is 19.2. The summed E-state index contributed by atoms with van der Waals surface area (Å²) in [5.74, 6) is -2.92. The Balaban J connectivity index is 1.33. The third kappa shape index (κ3) is 6.02. The minimum atomic E-state index is -4.46. The topological polar surface area (TPSA) is 125 Å². The van der Waals surface area contributed by atoms with E-state index < -0.39 is 47.3 Å². The van der Waals surface area contributed by atoms with Gasteiger partial charge in [-0.3, -0.25) is 34.2 Å². The number of amides is 5. The molecule has 1 fully saturated rings. The molecule has 2 aliphatic rings. The van der Waals surface area contributed by atoms with E-state index in [9.17, 15) is 37.1 Å².